The van der Waals surface area contributed by atoms with E-state index in [4.69, 9.17) is 0 Å². The molecule has 0 aromatic carbocycles. The monoisotopic (exact) mass is 177 g/mol. The maximum Gasteiger partial charge on any atom is 0.222 e. The predicted molar refractivity (Wildman–Crippen MR) is 52.8 cm³/mol. The fraction of sp³-hybridized carbons (Fsp3) is 0.600. The van der Waals surface area contributed by atoms with Crippen LogP contribution in [0.5, 0.6) is 0 Å². The van der Waals surface area contributed by atoms with Crippen LogP contribution < -0.4 is 5.32 Å². The van der Waals surface area contributed by atoms with Crippen molar-refractivity contribution in [2.45, 2.75) is 31.6 Å². The van der Waals surface area contributed by atoms with Crippen molar-refractivity contribution in [1.29, 1.82) is 0 Å². The standard InChI is InChI=1S/C10H15N3/c1-11-10-12-6-9(7-13-10)8-4-2-3-5-8/h6-8H,2-5H2,1H3,(H,11,12,13). The minimum Gasteiger partial charge on any atom is -0.357 e. The van der Waals surface area contributed by atoms with E-state index in [0.29, 0.717) is 11.9 Å². The first-order valence-electron chi connectivity index (χ1n) is 4.90. The van der Waals surface area contributed by atoms with E-state index in [9.17, 15) is 0 Å². The highest BCUT2D eigenvalue weighted by atomic mass is 15.1. The van der Waals surface area contributed by atoms with Gasteiger partial charge in [-0.3, -0.25) is 0 Å². The van der Waals surface area contributed by atoms with Crippen molar-refractivity contribution in [3.05, 3.63) is 18.0 Å². The highest BCUT2D eigenvalue weighted by molar-refractivity contribution is 5.25. The Labute approximate surface area is 78.6 Å². The summed E-state index contributed by atoms with van der Waals surface area (Å²) in [6, 6.07) is 0. The summed E-state index contributed by atoms with van der Waals surface area (Å²) >= 11 is 0. The second kappa shape index (κ2) is 3.73. The lowest BCUT2D eigenvalue weighted by Gasteiger charge is -2.08. The van der Waals surface area contributed by atoms with E-state index in [1.54, 1.807) is 0 Å². The third-order valence-corrected chi connectivity index (χ3v) is 2.72. The van der Waals surface area contributed by atoms with Crippen LogP contribution in [0.15, 0.2) is 12.4 Å². The second-order valence-electron chi connectivity index (χ2n) is 3.57. The first-order chi connectivity index (χ1) is 6.40. The predicted octanol–water partition coefficient (Wildman–Crippen LogP) is 2.18. The summed E-state index contributed by atoms with van der Waals surface area (Å²) in [5.74, 6) is 1.42. The smallest absolute Gasteiger partial charge is 0.222 e. The highest BCUT2D eigenvalue weighted by Crippen LogP contribution is 2.33. The molecule has 3 nitrogen and oxygen atoms in total. The quantitative estimate of drug-likeness (QED) is 0.752. The molecular weight excluding hydrogens is 162 g/mol. The Hall–Kier alpha value is -1.12. The lowest BCUT2D eigenvalue weighted by molar-refractivity contribution is 0.714. The van der Waals surface area contributed by atoms with E-state index in [0.717, 1.165) is 0 Å². The van der Waals surface area contributed by atoms with Crippen molar-refractivity contribution in [1.82, 2.24) is 9.97 Å². The van der Waals surface area contributed by atoms with E-state index in [-0.39, 0.29) is 0 Å². The van der Waals surface area contributed by atoms with Gasteiger partial charge in [0.05, 0.1) is 0 Å². The molecule has 0 aliphatic heterocycles. The van der Waals surface area contributed by atoms with Crippen LogP contribution in [0.2, 0.25) is 0 Å². The Kier molecular flexibility index (Phi) is 2.43. The minimum atomic E-state index is 0.710. The van der Waals surface area contributed by atoms with Gasteiger partial charge in [-0.1, -0.05) is 12.8 Å². The van der Waals surface area contributed by atoms with Crippen LogP contribution in [-0.4, -0.2) is 17.0 Å². The molecule has 1 heterocycles. The second-order valence-corrected chi connectivity index (χ2v) is 3.57. The molecule has 13 heavy (non-hydrogen) atoms. The first-order valence-corrected chi connectivity index (χ1v) is 4.90. The lowest BCUT2D eigenvalue weighted by Crippen LogP contribution is -1.99. The zero-order valence-electron chi connectivity index (χ0n) is 7.95. The summed E-state index contributed by atoms with van der Waals surface area (Å²) in [4.78, 5) is 8.44. The molecule has 1 aromatic rings. The third-order valence-electron chi connectivity index (χ3n) is 2.72. The van der Waals surface area contributed by atoms with E-state index in [2.05, 4.69) is 15.3 Å². The van der Waals surface area contributed by atoms with Crippen LogP contribution >= 0.6 is 0 Å². The fourth-order valence-corrected chi connectivity index (χ4v) is 1.94. The van der Waals surface area contributed by atoms with E-state index in [1.807, 2.05) is 19.4 Å². The highest BCUT2D eigenvalue weighted by Gasteiger charge is 2.17. The average molecular weight is 177 g/mol. The molecule has 0 saturated heterocycles. The maximum atomic E-state index is 4.22. The number of hydrogen-bond acceptors (Lipinski definition) is 3. The molecule has 0 bridgehead atoms. The molecule has 0 unspecified atom stereocenters. The van der Waals surface area contributed by atoms with Gasteiger partial charge in [-0.05, 0) is 24.3 Å². The van der Waals surface area contributed by atoms with Gasteiger partial charge in [-0.2, -0.15) is 0 Å². The molecule has 1 aliphatic carbocycles. The molecule has 3 heteroatoms. The largest absolute Gasteiger partial charge is 0.357 e. The molecule has 1 aromatic heterocycles. The molecule has 1 aliphatic rings. The molecule has 0 amide bonds. The molecule has 1 saturated carbocycles. The van der Waals surface area contributed by atoms with Crippen molar-refractivity contribution in [3.8, 4) is 0 Å². The van der Waals surface area contributed by atoms with Gasteiger partial charge in [0.25, 0.3) is 0 Å². The van der Waals surface area contributed by atoms with Crippen LogP contribution in [0.25, 0.3) is 0 Å². The Morgan fingerprint density at radius 3 is 2.38 bits per heavy atom. The normalized spacial score (nSPS) is 17.6. The van der Waals surface area contributed by atoms with Crippen molar-refractivity contribution >= 4 is 5.95 Å². The number of nitrogens with zero attached hydrogens (tertiary/aromatic N) is 2. The molecule has 1 N–H and O–H groups in total. The summed E-state index contributed by atoms with van der Waals surface area (Å²) in [5.41, 5.74) is 1.30. The SMILES string of the molecule is CNc1ncc(C2CCCC2)cn1. The zero-order valence-corrected chi connectivity index (χ0v) is 7.95. The van der Waals surface area contributed by atoms with Gasteiger partial charge in [0, 0.05) is 19.4 Å². The Morgan fingerprint density at radius 1 is 1.23 bits per heavy atom. The lowest BCUT2D eigenvalue weighted by atomic mass is 10.0. The van der Waals surface area contributed by atoms with Gasteiger partial charge in [-0.25, -0.2) is 9.97 Å². The number of nitrogens with one attached hydrogen (secondary N) is 1. The van der Waals surface area contributed by atoms with Gasteiger partial charge >= 0.3 is 0 Å². The van der Waals surface area contributed by atoms with Crippen molar-refractivity contribution in [3.63, 3.8) is 0 Å². The zero-order chi connectivity index (χ0) is 9.10. The van der Waals surface area contributed by atoms with Crippen LogP contribution in [-0.2, 0) is 0 Å². The fourth-order valence-electron chi connectivity index (χ4n) is 1.94. The van der Waals surface area contributed by atoms with Crippen molar-refractivity contribution in [2.24, 2.45) is 0 Å². The summed E-state index contributed by atoms with van der Waals surface area (Å²) in [5, 5.41) is 2.92. The number of rotatable bonds is 2. The van der Waals surface area contributed by atoms with Gasteiger partial charge in [-0.15, -0.1) is 0 Å². The van der Waals surface area contributed by atoms with E-state index >= 15 is 0 Å². The minimum absolute atomic E-state index is 0.710. The molecule has 70 valence electrons. The number of anilines is 1. The summed E-state index contributed by atoms with van der Waals surface area (Å²) in [6.07, 6.45) is 9.24. The van der Waals surface area contributed by atoms with Crippen LogP contribution in [0.4, 0.5) is 5.95 Å². The molecule has 0 radical (unpaired) electrons. The van der Waals surface area contributed by atoms with Crippen molar-refractivity contribution < 1.29 is 0 Å². The molecule has 0 spiro atoms. The van der Waals surface area contributed by atoms with Crippen LogP contribution in [0.3, 0.4) is 0 Å². The van der Waals surface area contributed by atoms with Crippen LogP contribution in [0.1, 0.15) is 37.2 Å². The number of hydrogen-bond donors (Lipinski definition) is 1. The molecule has 0 atom stereocenters. The van der Waals surface area contributed by atoms with Crippen LogP contribution in [0, 0.1) is 0 Å². The van der Waals surface area contributed by atoms with Gasteiger partial charge in [0.1, 0.15) is 0 Å². The summed E-state index contributed by atoms with van der Waals surface area (Å²) in [7, 11) is 1.84. The number of aromatic nitrogens is 2. The molecule has 2 rings (SSSR count). The summed E-state index contributed by atoms with van der Waals surface area (Å²) < 4.78 is 0. The van der Waals surface area contributed by atoms with E-state index < -0.39 is 0 Å². The van der Waals surface area contributed by atoms with E-state index in [1.165, 1.54) is 31.2 Å². The average Bonchev–Trinajstić information content (AvgIpc) is 2.71. The molecular formula is C10H15N3. The van der Waals surface area contributed by atoms with Gasteiger partial charge in [0.15, 0.2) is 0 Å². The Morgan fingerprint density at radius 2 is 1.85 bits per heavy atom. The molecule has 1 fully saturated rings. The van der Waals surface area contributed by atoms with Gasteiger partial charge < -0.3 is 5.32 Å². The Balaban J connectivity index is 2.12. The summed E-state index contributed by atoms with van der Waals surface area (Å²) in [6.45, 7) is 0. The maximum absolute atomic E-state index is 4.22. The Bertz CT molecular complexity index is 262. The first kappa shape index (κ1) is 8.48. The van der Waals surface area contributed by atoms with Gasteiger partial charge in [0.2, 0.25) is 5.95 Å². The topological polar surface area (TPSA) is 37.8 Å². The van der Waals surface area contributed by atoms with Crippen molar-refractivity contribution in [2.75, 3.05) is 12.4 Å². The third kappa shape index (κ3) is 1.79.